The summed E-state index contributed by atoms with van der Waals surface area (Å²) in [6, 6.07) is 18.1. The van der Waals surface area contributed by atoms with Crippen molar-refractivity contribution < 1.29 is 21.9 Å². The number of hydrogen-bond donors (Lipinski definition) is 0. The first-order valence-electron chi connectivity index (χ1n) is 11.3. The number of rotatable bonds is 8. The molecule has 3 aromatic rings. The topological polar surface area (TPSA) is 49.9 Å². The van der Waals surface area contributed by atoms with Crippen molar-refractivity contribution in [1.29, 1.82) is 0 Å². The van der Waals surface area contributed by atoms with Crippen molar-refractivity contribution in [3.63, 3.8) is 0 Å². The van der Waals surface area contributed by atoms with Gasteiger partial charge in [0.05, 0.1) is 12.7 Å². The summed E-state index contributed by atoms with van der Waals surface area (Å²) in [5, 5.41) is 0.637. The molecule has 0 spiro atoms. The Kier molecular flexibility index (Phi) is 8.19. The lowest BCUT2D eigenvalue weighted by Crippen LogP contribution is -2.49. The van der Waals surface area contributed by atoms with E-state index in [0.717, 1.165) is 28.8 Å². The molecule has 0 amide bonds. The van der Waals surface area contributed by atoms with Crippen molar-refractivity contribution in [2.45, 2.75) is 24.5 Å². The molecule has 0 saturated carbocycles. The summed E-state index contributed by atoms with van der Waals surface area (Å²) in [7, 11) is -4.05. The second-order valence-corrected chi connectivity index (χ2v) is 11.0. The predicted molar refractivity (Wildman–Crippen MR) is 132 cm³/mol. The highest BCUT2D eigenvalue weighted by atomic mass is 35.5. The molecule has 35 heavy (non-hydrogen) atoms. The molecule has 3 aromatic carbocycles. The highest BCUT2D eigenvalue weighted by Crippen LogP contribution is 2.25. The van der Waals surface area contributed by atoms with E-state index in [2.05, 4.69) is 11.0 Å². The fraction of sp³-hybridized carbons (Fsp3) is 0.308. The van der Waals surface area contributed by atoms with Gasteiger partial charge in [-0.25, -0.2) is 17.2 Å². The van der Waals surface area contributed by atoms with Crippen molar-refractivity contribution in [2.24, 2.45) is 0 Å². The Labute approximate surface area is 209 Å². The minimum atomic E-state index is -4.05. The predicted octanol–water partition coefficient (Wildman–Crippen LogP) is 5.19. The summed E-state index contributed by atoms with van der Waals surface area (Å²) in [4.78, 5) is 1.62. The number of ether oxygens (including phenoxy) is 1. The van der Waals surface area contributed by atoms with Crippen LogP contribution in [-0.2, 0) is 21.4 Å². The molecule has 0 bridgehead atoms. The van der Waals surface area contributed by atoms with Crippen LogP contribution in [0.1, 0.15) is 22.8 Å². The monoisotopic (exact) mass is 520 g/mol. The minimum absolute atomic E-state index is 0.199. The molecule has 1 atom stereocenters. The van der Waals surface area contributed by atoms with Gasteiger partial charge in [0.15, 0.2) is 0 Å². The fourth-order valence-electron chi connectivity index (χ4n) is 4.14. The van der Waals surface area contributed by atoms with E-state index in [0.29, 0.717) is 37.3 Å². The number of aryl methyl sites for hydroxylation is 1. The number of nitrogens with zero attached hydrogens (tertiary/aromatic N) is 2. The zero-order valence-electron chi connectivity index (χ0n) is 19.3. The third-order valence-electron chi connectivity index (χ3n) is 6.04. The van der Waals surface area contributed by atoms with Gasteiger partial charge in [0, 0.05) is 43.8 Å². The standard InChI is InChI=1S/C26H27ClF2N2O3S/c1-19-3-2-4-20(15-19)18-34-25(21-5-7-22(27)8-6-21)17-30-11-13-31(14-12-30)35(32,33)26-10-9-23(28)16-24(26)29/h2-10,15-16,25H,11-14,17-18H2,1H3/t25-/m1/s1. The third kappa shape index (κ3) is 6.45. The van der Waals surface area contributed by atoms with E-state index < -0.39 is 26.6 Å². The first-order valence-corrected chi connectivity index (χ1v) is 13.1. The highest BCUT2D eigenvalue weighted by molar-refractivity contribution is 7.89. The molecule has 0 radical (unpaired) electrons. The molecule has 1 fully saturated rings. The van der Waals surface area contributed by atoms with Crippen molar-refractivity contribution in [2.75, 3.05) is 32.7 Å². The highest BCUT2D eigenvalue weighted by Gasteiger charge is 2.31. The van der Waals surface area contributed by atoms with Crippen molar-refractivity contribution in [1.82, 2.24) is 9.21 Å². The van der Waals surface area contributed by atoms with Crippen LogP contribution in [0.3, 0.4) is 0 Å². The minimum Gasteiger partial charge on any atom is -0.368 e. The molecule has 5 nitrogen and oxygen atoms in total. The maximum absolute atomic E-state index is 14.1. The van der Waals surface area contributed by atoms with E-state index in [1.165, 1.54) is 4.31 Å². The molecule has 0 unspecified atom stereocenters. The van der Waals surface area contributed by atoms with E-state index in [1.807, 2.05) is 49.4 Å². The Bertz CT molecular complexity index is 1260. The maximum atomic E-state index is 14.1. The van der Waals surface area contributed by atoms with E-state index in [9.17, 15) is 17.2 Å². The summed E-state index contributed by atoms with van der Waals surface area (Å²) in [5.41, 5.74) is 3.20. The van der Waals surface area contributed by atoms with E-state index in [-0.39, 0.29) is 19.2 Å². The fourth-order valence-corrected chi connectivity index (χ4v) is 5.73. The van der Waals surface area contributed by atoms with Crippen LogP contribution in [0.2, 0.25) is 5.02 Å². The largest absolute Gasteiger partial charge is 0.368 e. The summed E-state index contributed by atoms with van der Waals surface area (Å²) in [6.07, 6.45) is -0.245. The lowest BCUT2D eigenvalue weighted by molar-refractivity contribution is 0.00770. The second kappa shape index (κ2) is 11.1. The van der Waals surface area contributed by atoms with Crippen LogP contribution >= 0.6 is 11.6 Å². The van der Waals surface area contributed by atoms with Crippen LogP contribution in [0.5, 0.6) is 0 Å². The molecular formula is C26H27ClF2N2O3S. The number of halogens is 3. The maximum Gasteiger partial charge on any atom is 0.246 e. The van der Waals surface area contributed by atoms with Gasteiger partial charge in [0.2, 0.25) is 10.0 Å². The van der Waals surface area contributed by atoms with Crippen molar-refractivity contribution in [3.05, 3.63) is 100 Å². The Morgan fingerprint density at radius 3 is 2.34 bits per heavy atom. The van der Waals surface area contributed by atoms with Gasteiger partial charge in [-0.2, -0.15) is 4.31 Å². The Balaban J connectivity index is 1.43. The number of piperazine rings is 1. The molecule has 0 N–H and O–H groups in total. The summed E-state index contributed by atoms with van der Waals surface area (Å²) < 4.78 is 60.7. The van der Waals surface area contributed by atoms with Crippen molar-refractivity contribution in [3.8, 4) is 0 Å². The molecule has 9 heteroatoms. The van der Waals surface area contributed by atoms with Crippen molar-refractivity contribution >= 4 is 21.6 Å². The molecular weight excluding hydrogens is 494 g/mol. The molecule has 1 saturated heterocycles. The normalized spacial score (nSPS) is 16.3. The second-order valence-electron chi connectivity index (χ2n) is 8.62. The van der Waals surface area contributed by atoms with Crippen LogP contribution in [0.25, 0.3) is 0 Å². The average Bonchev–Trinajstić information content (AvgIpc) is 2.82. The van der Waals surface area contributed by atoms with Crippen LogP contribution in [0.4, 0.5) is 8.78 Å². The molecule has 1 aliphatic rings. The summed E-state index contributed by atoms with van der Waals surface area (Å²) >= 11 is 6.07. The zero-order chi connectivity index (χ0) is 25.0. The van der Waals surface area contributed by atoms with Gasteiger partial charge in [-0.05, 0) is 42.3 Å². The van der Waals surface area contributed by atoms with Gasteiger partial charge in [-0.15, -0.1) is 0 Å². The lowest BCUT2D eigenvalue weighted by atomic mass is 10.1. The molecule has 1 aliphatic heterocycles. The van der Waals surface area contributed by atoms with Gasteiger partial charge < -0.3 is 4.74 Å². The van der Waals surface area contributed by atoms with E-state index in [4.69, 9.17) is 16.3 Å². The SMILES string of the molecule is Cc1cccc(CO[C@H](CN2CCN(S(=O)(=O)c3ccc(F)cc3F)CC2)c2ccc(Cl)cc2)c1. The van der Waals surface area contributed by atoms with E-state index >= 15 is 0 Å². The Morgan fingerprint density at radius 2 is 1.69 bits per heavy atom. The molecule has 4 rings (SSSR count). The zero-order valence-corrected chi connectivity index (χ0v) is 20.9. The number of hydrogen-bond acceptors (Lipinski definition) is 4. The quantitative estimate of drug-likeness (QED) is 0.410. The van der Waals surface area contributed by atoms with E-state index in [1.54, 1.807) is 0 Å². The Morgan fingerprint density at radius 1 is 0.971 bits per heavy atom. The molecule has 0 aromatic heterocycles. The first-order chi connectivity index (χ1) is 16.7. The van der Waals surface area contributed by atoms with Gasteiger partial charge in [0.1, 0.15) is 16.5 Å². The lowest BCUT2D eigenvalue weighted by Gasteiger charge is -2.36. The van der Waals surface area contributed by atoms with Crippen LogP contribution in [0.15, 0.2) is 71.6 Å². The summed E-state index contributed by atoms with van der Waals surface area (Å²) in [5.74, 6) is -1.90. The number of sulfonamides is 1. The van der Waals surface area contributed by atoms with Gasteiger partial charge in [-0.1, -0.05) is 53.6 Å². The smallest absolute Gasteiger partial charge is 0.246 e. The van der Waals surface area contributed by atoms with Gasteiger partial charge in [0.25, 0.3) is 0 Å². The van der Waals surface area contributed by atoms with Crippen LogP contribution < -0.4 is 0 Å². The Hall–Kier alpha value is -2.36. The van der Waals surface area contributed by atoms with Gasteiger partial charge >= 0.3 is 0 Å². The van der Waals surface area contributed by atoms with Gasteiger partial charge in [-0.3, -0.25) is 4.90 Å². The van der Waals surface area contributed by atoms with Crippen LogP contribution in [0, 0.1) is 18.6 Å². The molecule has 1 heterocycles. The summed E-state index contributed by atoms with van der Waals surface area (Å²) in [6.45, 7) is 4.35. The van der Waals surface area contributed by atoms with Crippen LogP contribution in [-0.4, -0.2) is 50.3 Å². The first kappa shape index (κ1) is 25.7. The molecule has 0 aliphatic carbocycles. The number of benzene rings is 3. The third-order valence-corrected chi connectivity index (χ3v) is 8.23. The molecule has 186 valence electrons. The average molecular weight is 521 g/mol.